The zero-order valence-corrected chi connectivity index (χ0v) is 15.4. The Morgan fingerprint density at radius 3 is 2.54 bits per heavy atom. The highest BCUT2D eigenvalue weighted by molar-refractivity contribution is 7.92. The van der Waals surface area contributed by atoms with E-state index in [9.17, 15) is 13.2 Å². The first kappa shape index (κ1) is 18.7. The van der Waals surface area contributed by atoms with Crippen molar-refractivity contribution >= 4 is 21.6 Å². The molecule has 6 nitrogen and oxygen atoms in total. The zero-order chi connectivity index (χ0) is 17.7. The van der Waals surface area contributed by atoms with Crippen molar-refractivity contribution in [3.63, 3.8) is 0 Å². The maximum absolute atomic E-state index is 12.7. The minimum absolute atomic E-state index is 0.0291. The van der Waals surface area contributed by atoms with Crippen molar-refractivity contribution in [2.24, 2.45) is 5.92 Å². The number of carbonyl (C=O) groups excluding carboxylic acids is 1. The van der Waals surface area contributed by atoms with Gasteiger partial charge in [0.05, 0.1) is 11.9 Å². The highest BCUT2D eigenvalue weighted by Gasteiger charge is 2.23. The summed E-state index contributed by atoms with van der Waals surface area (Å²) in [5, 5.41) is 3.17. The van der Waals surface area contributed by atoms with Gasteiger partial charge in [0, 0.05) is 18.7 Å². The number of piperidine rings is 1. The van der Waals surface area contributed by atoms with Gasteiger partial charge in [0.15, 0.2) is 0 Å². The molecule has 1 saturated heterocycles. The molecule has 7 heteroatoms. The van der Waals surface area contributed by atoms with Crippen LogP contribution in [0.15, 0.2) is 18.2 Å². The van der Waals surface area contributed by atoms with Gasteiger partial charge in [-0.05, 0) is 63.4 Å². The van der Waals surface area contributed by atoms with E-state index in [0.29, 0.717) is 17.2 Å². The van der Waals surface area contributed by atoms with Crippen LogP contribution in [-0.2, 0) is 10.0 Å². The summed E-state index contributed by atoms with van der Waals surface area (Å²) in [5.74, 6) is 0.639. The third-order valence-corrected chi connectivity index (χ3v) is 5.07. The molecule has 0 aromatic heterocycles. The molecule has 1 aromatic carbocycles. The molecule has 0 spiro atoms. The lowest BCUT2D eigenvalue weighted by atomic mass is 9.93. The van der Waals surface area contributed by atoms with Crippen LogP contribution < -0.4 is 10.0 Å². The first-order chi connectivity index (χ1) is 11.3. The summed E-state index contributed by atoms with van der Waals surface area (Å²) in [5.41, 5.74) is 1.79. The van der Waals surface area contributed by atoms with Crippen LogP contribution >= 0.6 is 0 Å². The van der Waals surface area contributed by atoms with Crippen LogP contribution in [0, 0.1) is 12.8 Å². The van der Waals surface area contributed by atoms with E-state index in [2.05, 4.69) is 10.0 Å². The van der Waals surface area contributed by atoms with Crippen molar-refractivity contribution in [1.29, 1.82) is 0 Å². The molecule has 0 aliphatic carbocycles. The first-order valence-electron chi connectivity index (χ1n) is 8.32. The van der Waals surface area contributed by atoms with Gasteiger partial charge in [-0.25, -0.2) is 8.42 Å². The van der Waals surface area contributed by atoms with Crippen LogP contribution in [0.25, 0.3) is 0 Å². The van der Waals surface area contributed by atoms with E-state index in [4.69, 9.17) is 0 Å². The Hall–Kier alpha value is -1.60. The van der Waals surface area contributed by atoms with Gasteiger partial charge >= 0.3 is 0 Å². The molecule has 1 amide bonds. The Bertz CT molecular complexity index is 680. The summed E-state index contributed by atoms with van der Waals surface area (Å²) >= 11 is 0. The Kier molecular flexibility index (Phi) is 6.23. The molecule has 0 bridgehead atoms. The van der Waals surface area contributed by atoms with Crippen molar-refractivity contribution in [2.75, 3.05) is 37.7 Å². The lowest BCUT2D eigenvalue weighted by Crippen LogP contribution is -2.39. The molecule has 1 aliphatic heterocycles. The largest absolute Gasteiger partial charge is 0.339 e. The number of aryl methyl sites for hydroxylation is 1. The zero-order valence-electron chi connectivity index (χ0n) is 14.6. The molecule has 2 rings (SSSR count). The molecule has 0 saturated carbocycles. The Morgan fingerprint density at radius 1 is 1.29 bits per heavy atom. The van der Waals surface area contributed by atoms with Gasteiger partial charge in [-0.2, -0.15) is 0 Å². The number of nitrogens with one attached hydrogen (secondary N) is 2. The quantitative estimate of drug-likeness (QED) is 0.818. The van der Waals surface area contributed by atoms with Gasteiger partial charge in [0.25, 0.3) is 5.91 Å². The Morgan fingerprint density at radius 2 is 1.96 bits per heavy atom. The van der Waals surface area contributed by atoms with E-state index in [1.165, 1.54) is 0 Å². The van der Waals surface area contributed by atoms with Gasteiger partial charge in [-0.3, -0.25) is 9.52 Å². The van der Waals surface area contributed by atoms with Gasteiger partial charge in [0.1, 0.15) is 0 Å². The van der Waals surface area contributed by atoms with Gasteiger partial charge in [0.2, 0.25) is 10.0 Å². The number of likely N-dealkylation sites (tertiary alicyclic amines) is 1. The molecule has 1 fully saturated rings. The minimum Gasteiger partial charge on any atom is -0.339 e. The number of hydrogen-bond acceptors (Lipinski definition) is 4. The second-order valence-electron chi connectivity index (χ2n) is 6.53. The highest BCUT2D eigenvalue weighted by atomic mass is 32.2. The molecule has 24 heavy (non-hydrogen) atoms. The fourth-order valence-electron chi connectivity index (χ4n) is 3.02. The molecule has 1 heterocycles. The molecular formula is C17H27N3O3S. The predicted molar refractivity (Wildman–Crippen MR) is 96.8 cm³/mol. The van der Waals surface area contributed by atoms with Gasteiger partial charge in [-0.15, -0.1) is 0 Å². The molecule has 0 radical (unpaired) electrons. The number of carbonyl (C=O) groups is 1. The number of nitrogens with zero attached hydrogens (tertiary/aromatic N) is 1. The number of amides is 1. The summed E-state index contributed by atoms with van der Waals surface area (Å²) < 4.78 is 25.4. The average molecular weight is 353 g/mol. The molecule has 2 N–H and O–H groups in total. The van der Waals surface area contributed by atoms with E-state index in [-0.39, 0.29) is 5.91 Å². The Labute approximate surface area is 144 Å². The van der Waals surface area contributed by atoms with Gasteiger partial charge < -0.3 is 10.2 Å². The maximum Gasteiger partial charge on any atom is 0.253 e. The van der Waals surface area contributed by atoms with E-state index in [1.807, 2.05) is 18.9 Å². The van der Waals surface area contributed by atoms with Crippen molar-refractivity contribution in [1.82, 2.24) is 10.2 Å². The van der Waals surface area contributed by atoms with Crippen LogP contribution in [0.3, 0.4) is 0 Å². The SMILES string of the molecule is CNCCC1CCN(C(=O)c2ccc(C)c(NS(C)(=O)=O)c2)CC1. The fourth-order valence-corrected chi connectivity index (χ4v) is 3.64. The summed E-state index contributed by atoms with van der Waals surface area (Å²) in [6.45, 7) is 4.35. The summed E-state index contributed by atoms with van der Waals surface area (Å²) in [4.78, 5) is 14.6. The number of rotatable bonds is 6. The average Bonchev–Trinajstić information content (AvgIpc) is 2.53. The van der Waals surface area contributed by atoms with Crippen molar-refractivity contribution in [3.8, 4) is 0 Å². The van der Waals surface area contributed by atoms with E-state index >= 15 is 0 Å². The molecule has 134 valence electrons. The maximum atomic E-state index is 12.7. The third kappa shape index (κ3) is 5.21. The molecule has 1 aliphatic rings. The van der Waals surface area contributed by atoms with E-state index in [0.717, 1.165) is 50.7 Å². The monoisotopic (exact) mass is 353 g/mol. The fraction of sp³-hybridized carbons (Fsp3) is 0.588. The van der Waals surface area contributed by atoms with Crippen LogP contribution in [0.5, 0.6) is 0 Å². The summed E-state index contributed by atoms with van der Waals surface area (Å²) in [6, 6.07) is 5.17. The summed E-state index contributed by atoms with van der Waals surface area (Å²) in [6.07, 6.45) is 4.30. The van der Waals surface area contributed by atoms with E-state index in [1.54, 1.807) is 18.2 Å². The number of hydrogen-bond donors (Lipinski definition) is 2. The Balaban J connectivity index is 2.04. The standard InChI is InChI=1S/C17H27N3O3S/c1-13-4-5-15(12-16(13)19-24(3,22)23)17(21)20-10-7-14(8-11-20)6-9-18-2/h4-5,12,14,18-19H,6-11H2,1-3H3. The van der Waals surface area contributed by atoms with E-state index < -0.39 is 10.0 Å². The second-order valence-corrected chi connectivity index (χ2v) is 8.28. The van der Waals surface area contributed by atoms with Gasteiger partial charge in [-0.1, -0.05) is 6.07 Å². The molecule has 1 aromatic rings. The van der Waals surface area contributed by atoms with Crippen LogP contribution in [0.4, 0.5) is 5.69 Å². The first-order valence-corrected chi connectivity index (χ1v) is 10.2. The normalized spacial score (nSPS) is 16.2. The molecule has 0 unspecified atom stereocenters. The highest BCUT2D eigenvalue weighted by Crippen LogP contribution is 2.23. The smallest absolute Gasteiger partial charge is 0.253 e. The molecular weight excluding hydrogens is 326 g/mol. The number of sulfonamides is 1. The van der Waals surface area contributed by atoms with Crippen LogP contribution in [-0.4, -0.2) is 52.2 Å². The lowest BCUT2D eigenvalue weighted by molar-refractivity contribution is 0.0687. The minimum atomic E-state index is -3.36. The van der Waals surface area contributed by atoms with Crippen molar-refractivity contribution in [3.05, 3.63) is 29.3 Å². The number of anilines is 1. The number of benzene rings is 1. The second kappa shape index (κ2) is 7.98. The van der Waals surface area contributed by atoms with Crippen molar-refractivity contribution < 1.29 is 13.2 Å². The van der Waals surface area contributed by atoms with Crippen LogP contribution in [0.1, 0.15) is 35.2 Å². The topological polar surface area (TPSA) is 78.5 Å². The lowest BCUT2D eigenvalue weighted by Gasteiger charge is -2.32. The summed E-state index contributed by atoms with van der Waals surface area (Å²) in [7, 11) is -1.41. The van der Waals surface area contributed by atoms with Crippen molar-refractivity contribution in [2.45, 2.75) is 26.2 Å². The third-order valence-electron chi connectivity index (χ3n) is 4.48. The predicted octanol–water partition coefficient (Wildman–Crippen LogP) is 1.83. The molecule has 0 atom stereocenters. The van der Waals surface area contributed by atoms with Crippen LogP contribution in [0.2, 0.25) is 0 Å².